The highest BCUT2D eigenvalue weighted by Crippen LogP contribution is 2.35. The average molecular weight is 296 g/mol. The van der Waals surface area contributed by atoms with E-state index in [4.69, 9.17) is 23.2 Å². The fourth-order valence-corrected chi connectivity index (χ4v) is 4.73. The van der Waals surface area contributed by atoms with E-state index in [2.05, 4.69) is 24.0 Å². The number of thiophene rings is 1. The van der Waals surface area contributed by atoms with Crippen molar-refractivity contribution in [2.45, 2.75) is 31.1 Å². The van der Waals surface area contributed by atoms with Gasteiger partial charge in [-0.2, -0.15) is 11.8 Å². The van der Waals surface area contributed by atoms with Crippen LogP contribution >= 0.6 is 46.3 Å². The Balaban J connectivity index is 1.87. The van der Waals surface area contributed by atoms with Crippen molar-refractivity contribution in [3.8, 4) is 0 Å². The van der Waals surface area contributed by atoms with E-state index in [9.17, 15) is 0 Å². The summed E-state index contributed by atoms with van der Waals surface area (Å²) in [7, 11) is 0. The van der Waals surface area contributed by atoms with Crippen molar-refractivity contribution < 1.29 is 0 Å². The van der Waals surface area contributed by atoms with Gasteiger partial charge < -0.3 is 5.32 Å². The molecule has 1 aliphatic heterocycles. The maximum absolute atomic E-state index is 6.12. The van der Waals surface area contributed by atoms with Crippen LogP contribution < -0.4 is 5.32 Å². The van der Waals surface area contributed by atoms with Gasteiger partial charge in [-0.15, -0.1) is 11.3 Å². The van der Waals surface area contributed by atoms with Crippen LogP contribution in [-0.4, -0.2) is 17.5 Å². The summed E-state index contributed by atoms with van der Waals surface area (Å²) in [4.78, 5) is 0. The van der Waals surface area contributed by atoms with Gasteiger partial charge in [-0.1, -0.05) is 23.2 Å². The molecule has 2 atom stereocenters. The van der Waals surface area contributed by atoms with Crippen molar-refractivity contribution in [1.82, 2.24) is 5.32 Å². The molecular weight excluding hydrogens is 281 g/mol. The van der Waals surface area contributed by atoms with Gasteiger partial charge in [-0.3, -0.25) is 0 Å². The van der Waals surface area contributed by atoms with Crippen molar-refractivity contribution in [1.29, 1.82) is 0 Å². The van der Waals surface area contributed by atoms with Gasteiger partial charge in [0.1, 0.15) is 0 Å². The van der Waals surface area contributed by atoms with Gasteiger partial charge in [0.2, 0.25) is 0 Å². The maximum Gasteiger partial charge on any atom is 0.0991 e. The van der Waals surface area contributed by atoms with Crippen LogP contribution in [0.5, 0.6) is 0 Å². The van der Waals surface area contributed by atoms with Gasteiger partial charge in [-0.05, 0) is 37.1 Å². The van der Waals surface area contributed by atoms with Crippen LogP contribution in [0.2, 0.25) is 8.67 Å². The summed E-state index contributed by atoms with van der Waals surface area (Å²) in [6.45, 7) is 3.21. The Morgan fingerprint density at radius 2 is 2.38 bits per heavy atom. The maximum atomic E-state index is 6.12. The molecule has 0 saturated carbocycles. The van der Waals surface area contributed by atoms with E-state index >= 15 is 0 Å². The first-order chi connectivity index (χ1) is 7.66. The molecule has 0 amide bonds. The van der Waals surface area contributed by atoms with Crippen molar-refractivity contribution in [2.75, 3.05) is 12.3 Å². The molecule has 0 radical (unpaired) electrons. The monoisotopic (exact) mass is 295 g/mol. The molecule has 2 unspecified atom stereocenters. The molecule has 1 fully saturated rings. The lowest BCUT2D eigenvalue weighted by atomic mass is 10.1. The first-order valence-electron chi connectivity index (χ1n) is 5.46. The van der Waals surface area contributed by atoms with Crippen molar-refractivity contribution in [3.05, 3.63) is 20.3 Å². The van der Waals surface area contributed by atoms with E-state index in [1.807, 2.05) is 6.07 Å². The van der Waals surface area contributed by atoms with Gasteiger partial charge in [0.05, 0.1) is 8.67 Å². The molecule has 1 aromatic rings. The molecule has 0 bridgehead atoms. The summed E-state index contributed by atoms with van der Waals surface area (Å²) in [5.41, 5.74) is 1.12. The van der Waals surface area contributed by atoms with Crippen LogP contribution in [0.1, 0.15) is 31.4 Å². The Morgan fingerprint density at radius 3 is 2.94 bits per heavy atom. The predicted octanol–water partition coefficient (Wildman–Crippen LogP) is 4.60. The molecule has 1 saturated heterocycles. The Kier molecular flexibility index (Phi) is 4.86. The second-order valence-corrected chi connectivity index (χ2v) is 7.74. The lowest BCUT2D eigenvalue weighted by Crippen LogP contribution is -2.26. The normalized spacial score (nSPS) is 22.6. The molecule has 0 aromatic carbocycles. The lowest BCUT2D eigenvalue weighted by molar-refractivity contribution is 0.561. The number of thioether (sulfide) groups is 1. The molecule has 1 aliphatic rings. The van der Waals surface area contributed by atoms with Crippen LogP contribution in [-0.2, 0) is 0 Å². The van der Waals surface area contributed by atoms with Crippen molar-refractivity contribution >= 4 is 46.3 Å². The summed E-state index contributed by atoms with van der Waals surface area (Å²) in [5, 5.41) is 4.31. The fourth-order valence-electron chi connectivity index (χ4n) is 1.87. The average Bonchev–Trinajstić information content (AvgIpc) is 2.84. The highest BCUT2D eigenvalue weighted by molar-refractivity contribution is 8.00. The minimum Gasteiger partial charge on any atom is -0.309 e. The molecule has 2 heterocycles. The van der Waals surface area contributed by atoms with Crippen LogP contribution in [0.3, 0.4) is 0 Å². The number of halogens is 2. The number of hydrogen-bond donors (Lipinski definition) is 1. The summed E-state index contributed by atoms with van der Waals surface area (Å²) < 4.78 is 1.58. The van der Waals surface area contributed by atoms with Gasteiger partial charge in [-0.25, -0.2) is 0 Å². The minimum absolute atomic E-state index is 0.289. The Morgan fingerprint density at radius 1 is 1.56 bits per heavy atom. The highest BCUT2D eigenvalue weighted by atomic mass is 35.5. The molecule has 1 N–H and O–H groups in total. The first-order valence-corrected chi connectivity index (χ1v) is 8.08. The summed E-state index contributed by atoms with van der Waals surface area (Å²) >= 11 is 15.6. The second-order valence-electron chi connectivity index (χ2n) is 4.04. The van der Waals surface area contributed by atoms with E-state index in [0.717, 1.165) is 26.0 Å². The Bertz CT molecular complexity index is 348. The van der Waals surface area contributed by atoms with Crippen LogP contribution in [0.15, 0.2) is 6.07 Å². The standard InChI is InChI=1S/C11H15Cl2NS2/c1-7(9-5-10(12)16-11(9)13)14-6-8-3-2-4-15-8/h5,7-8,14H,2-4,6H2,1H3. The molecule has 2 rings (SSSR count). The smallest absolute Gasteiger partial charge is 0.0991 e. The van der Waals surface area contributed by atoms with Gasteiger partial charge in [0.15, 0.2) is 0 Å². The molecular formula is C11H15Cl2NS2. The van der Waals surface area contributed by atoms with Crippen LogP contribution in [0.4, 0.5) is 0 Å². The minimum atomic E-state index is 0.289. The van der Waals surface area contributed by atoms with Gasteiger partial charge in [0.25, 0.3) is 0 Å². The summed E-state index contributed by atoms with van der Waals surface area (Å²) in [6, 6.07) is 2.26. The SMILES string of the molecule is CC(NCC1CCCS1)c1cc(Cl)sc1Cl. The van der Waals surface area contributed by atoms with Gasteiger partial charge in [0, 0.05) is 17.8 Å². The van der Waals surface area contributed by atoms with E-state index < -0.39 is 0 Å². The molecule has 5 heteroatoms. The molecule has 16 heavy (non-hydrogen) atoms. The van der Waals surface area contributed by atoms with E-state index in [1.54, 1.807) is 0 Å². The van der Waals surface area contributed by atoms with E-state index in [-0.39, 0.29) is 6.04 Å². The summed E-state index contributed by atoms with van der Waals surface area (Å²) in [6.07, 6.45) is 2.69. The molecule has 0 spiro atoms. The zero-order valence-electron chi connectivity index (χ0n) is 9.13. The largest absolute Gasteiger partial charge is 0.309 e. The zero-order chi connectivity index (χ0) is 11.5. The lowest BCUT2D eigenvalue weighted by Gasteiger charge is -2.16. The number of nitrogens with one attached hydrogen (secondary N) is 1. The van der Waals surface area contributed by atoms with Crippen molar-refractivity contribution in [3.63, 3.8) is 0 Å². The highest BCUT2D eigenvalue weighted by Gasteiger charge is 2.18. The quantitative estimate of drug-likeness (QED) is 0.871. The van der Waals surface area contributed by atoms with Gasteiger partial charge >= 0.3 is 0 Å². The van der Waals surface area contributed by atoms with Crippen LogP contribution in [0.25, 0.3) is 0 Å². The molecule has 1 aromatic heterocycles. The summed E-state index contributed by atoms with van der Waals surface area (Å²) in [5.74, 6) is 1.31. The zero-order valence-corrected chi connectivity index (χ0v) is 12.3. The number of rotatable bonds is 4. The molecule has 0 aliphatic carbocycles. The first kappa shape index (κ1) is 13.0. The molecule has 1 nitrogen and oxygen atoms in total. The Hall–Kier alpha value is 0.590. The third-order valence-electron chi connectivity index (χ3n) is 2.83. The third kappa shape index (κ3) is 3.30. The third-order valence-corrected chi connectivity index (χ3v) is 5.74. The Labute approximate surface area is 115 Å². The fraction of sp³-hybridized carbons (Fsp3) is 0.636. The van der Waals surface area contributed by atoms with Crippen molar-refractivity contribution in [2.24, 2.45) is 0 Å². The topological polar surface area (TPSA) is 12.0 Å². The second kappa shape index (κ2) is 5.96. The predicted molar refractivity (Wildman–Crippen MR) is 76.2 cm³/mol. The van der Waals surface area contributed by atoms with E-state index in [0.29, 0.717) is 0 Å². The molecule has 90 valence electrons. The number of hydrogen-bond acceptors (Lipinski definition) is 3. The van der Waals surface area contributed by atoms with Crippen LogP contribution in [0, 0.1) is 0 Å². The van der Waals surface area contributed by atoms with E-state index in [1.165, 1.54) is 29.9 Å².